The lowest BCUT2D eigenvalue weighted by Gasteiger charge is -2.21. The van der Waals surface area contributed by atoms with Gasteiger partial charge in [-0.25, -0.2) is 4.98 Å². The first kappa shape index (κ1) is 19.1. The van der Waals surface area contributed by atoms with Crippen LogP contribution in [0.3, 0.4) is 0 Å². The summed E-state index contributed by atoms with van der Waals surface area (Å²) in [5.74, 6) is 0.390. The first-order chi connectivity index (χ1) is 14.1. The number of carbonyl (C=O) groups is 1. The predicted octanol–water partition coefficient (Wildman–Crippen LogP) is 5.16. The Kier molecular flexibility index (Phi) is 5.27. The third-order valence-corrected chi connectivity index (χ3v) is 5.72. The lowest BCUT2D eigenvalue weighted by atomic mass is 10.1. The second-order valence-electron chi connectivity index (χ2n) is 6.88. The van der Waals surface area contributed by atoms with Gasteiger partial charge in [0.05, 0.1) is 29.4 Å². The summed E-state index contributed by atoms with van der Waals surface area (Å²) in [7, 11) is 1.57. The van der Waals surface area contributed by atoms with Crippen LogP contribution in [0, 0.1) is 13.8 Å². The molecule has 0 radical (unpaired) electrons. The van der Waals surface area contributed by atoms with E-state index in [1.807, 2.05) is 31.2 Å². The van der Waals surface area contributed by atoms with Gasteiger partial charge in [0.2, 0.25) is 0 Å². The highest BCUT2D eigenvalue weighted by Crippen LogP contribution is 2.34. The van der Waals surface area contributed by atoms with Crippen molar-refractivity contribution in [3.63, 3.8) is 0 Å². The maximum absolute atomic E-state index is 13.6. The highest BCUT2D eigenvalue weighted by Gasteiger charge is 2.24. The summed E-state index contributed by atoms with van der Waals surface area (Å²) in [4.78, 5) is 24.3. The number of pyridine rings is 1. The summed E-state index contributed by atoms with van der Waals surface area (Å²) in [6.07, 6.45) is 3.49. The van der Waals surface area contributed by atoms with Gasteiger partial charge in [0.15, 0.2) is 5.13 Å². The molecule has 29 heavy (non-hydrogen) atoms. The summed E-state index contributed by atoms with van der Waals surface area (Å²) in [5, 5.41) is 0.661. The first-order valence-corrected chi connectivity index (χ1v) is 10.1. The maximum Gasteiger partial charge on any atom is 0.264 e. The minimum Gasteiger partial charge on any atom is -0.496 e. The fraction of sp³-hybridized carbons (Fsp3) is 0.174. The molecule has 6 heteroatoms. The van der Waals surface area contributed by atoms with Gasteiger partial charge >= 0.3 is 0 Å². The molecule has 2 aromatic carbocycles. The Morgan fingerprint density at radius 3 is 2.72 bits per heavy atom. The molecule has 0 bridgehead atoms. The van der Waals surface area contributed by atoms with Crippen LogP contribution in [-0.4, -0.2) is 23.0 Å². The van der Waals surface area contributed by atoms with Crippen molar-refractivity contribution in [2.45, 2.75) is 20.4 Å². The van der Waals surface area contributed by atoms with Crippen molar-refractivity contribution in [2.75, 3.05) is 12.0 Å². The molecule has 5 nitrogen and oxygen atoms in total. The van der Waals surface area contributed by atoms with Crippen LogP contribution in [0.1, 0.15) is 27.0 Å². The van der Waals surface area contributed by atoms with Gasteiger partial charge in [-0.1, -0.05) is 35.6 Å². The minimum atomic E-state index is -0.153. The van der Waals surface area contributed by atoms with Gasteiger partial charge in [-0.2, -0.15) is 0 Å². The number of aromatic nitrogens is 2. The molecule has 0 spiro atoms. The monoisotopic (exact) mass is 403 g/mol. The Morgan fingerprint density at radius 1 is 1.14 bits per heavy atom. The molecule has 1 amide bonds. The number of rotatable bonds is 5. The van der Waals surface area contributed by atoms with Crippen LogP contribution in [0.5, 0.6) is 5.75 Å². The normalized spacial score (nSPS) is 10.9. The Bertz CT molecular complexity index is 1170. The second-order valence-corrected chi connectivity index (χ2v) is 7.89. The third kappa shape index (κ3) is 3.84. The molecule has 0 aliphatic rings. The van der Waals surface area contributed by atoms with Gasteiger partial charge in [-0.3, -0.25) is 14.7 Å². The number of amides is 1. The summed E-state index contributed by atoms with van der Waals surface area (Å²) in [6, 6.07) is 15.3. The van der Waals surface area contributed by atoms with Gasteiger partial charge in [-0.15, -0.1) is 0 Å². The van der Waals surface area contributed by atoms with Crippen molar-refractivity contribution >= 4 is 32.6 Å². The quantitative estimate of drug-likeness (QED) is 0.462. The van der Waals surface area contributed by atoms with Crippen LogP contribution in [0.15, 0.2) is 60.9 Å². The van der Waals surface area contributed by atoms with Crippen LogP contribution >= 0.6 is 11.3 Å². The second kappa shape index (κ2) is 8.01. The Labute approximate surface area is 173 Å². The molecule has 146 valence electrons. The van der Waals surface area contributed by atoms with E-state index in [-0.39, 0.29) is 5.91 Å². The average molecular weight is 404 g/mol. The Morgan fingerprint density at radius 2 is 1.97 bits per heavy atom. The van der Waals surface area contributed by atoms with E-state index < -0.39 is 0 Å². The molecule has 4 rings (SSSR count). The number of nitrogens with zero attached hydrogens (tertiary/aromatic N) is 3. The molecular weight excluding hydrogens is 382 g/mol. The van der Waals surface area contributed by atoms with E-state index >= 15 is 0 Å². The van der Waals surface area contributed by atoms with E-state index in [0.717, 1.165) is 21.3 Å². The molecule has 0 fully saturated rings. The summed E-state index contributed by atoms with van der Waals surface area (Å²) in [5.41, 5.74) is 4.65. The van der Waals surface area contributed by atoms with Crippen LogP contribution in [0.4, 0.5) is 5.13 Å². The van der Waals surface area contributed by atoms with E-state index in [4.69, 9.17) is 9.72 Å². The van der Waals surface area contributed by atoms with E-state index in [9.17, 15) is 4.79 Å². The Hall–Kier alpha value is -3.25. The van der Waals surface area contributed by atoms with Crippen molar-refractivity contribution < 1.29 is 9.53 Å². The molecule has 2 aromatic heterocycles. The number of benzene rings is 2. The topological polar surface area (TPSA) is 55.3 Å². The van der Waals surface area contributed by atoms with Gasteiger partial charge in [0.25, 0.3) is 5.91 Å². The molecule has 0 aliphatic heterocycles. The molecule has 4 aromatic rings. The number of para-hydroxylation sites is 1. The molecule has 0 N–H and O–H groups in total. The van der Waals surface area contributed by atoms with Crippen LogP contribution < -0.4 is 9.64 Å². The molecular formula is C23H21N3O2S. The average Bonchev–Trinajstić information content (AvgIpc) is 3.16. The maximum atomic E-state index is 13.6. The zero-order valence-electron chi connectivity index (χ0n) is 16.5. The number of ether oxygens (including phenoxy) is 1. The van der Waals surface area contributed by atoms with E-state index in [1.165, 1.54) is 16.9 Å². The van der Waals surface area contributed by atoms with Crippen molar-refractivity contribution in [1.82, 2.24) is 9.97 Å². The summed E-state index contributed by atoms with van der Waals surface area (Å²) < 4.78 is 6.49. The number of hydrogen-bond donors (Lipinski definition) is 0. The van der Waals surface area contributed by atoms with Crippen LogP contribution in [0.2, 0.25) is 0 Å². The largest absolute Gasteiger partial charge is 0.496 e. The fourth-order valence-corrected chi connectivity index (χ4v) is 4.48. The number of aryl methyl sites for hydroxylation is 2. The molecule has 0 saturated carbocycles. The number of anilines is 1. The minimum absolute atomic E-state index is 0.153. The number of thiazole rings is 1. The van der Waals surface area contributed by atoms with Gasteiger partial charge in [-0.05, 0) is 54.8 Å². The SMILES string of the molecule is COc1ccccc1C(=O)N(Cc1cccnc1)c1nc2c(C)cc(C)cc2s1. The van der Waals surface area contributed by atoms with Gasteiger partial charge < -0.3 is 4.74 Å². The smallest absolute Gasteiger partial charge is 0.264 e. The fourth-order valence-electron chi connectivity index (χ4n) is 3.34. The summed E-state index contributed by atoms with van der Waals surface area (Å²) in [6.45, 7) is 4.49. The molecule has 2 heterocycles. The molecule has 0 saturated heterocycles. The zero-order chi connectivity index (χ0) is 20.4. The number of hydrogen-bond acceptors (Lipinski definition) is 5. The van der Waals surface area contributed by atoms with Crippen molar-refractivity contribution in [1.29, 1.82) is 0 Å². The van der Waals surface area contributed by atoms with E-state index in [1.54, 1.807) is 36.5 Å². The van der Waals surface area contributed by atoms with Crippen LogP contribution in [-0.2, 0) is 6.54 Å². The third-order valence-electron chi connectivity index (χ3n) is 4.70. The van der Waals surface area contributed by atoms with Crippen molar-refractivity contribution in [3.05, 3.63) is 83.2 Å². The van der Waals surface area contributed by atoms with Gasteiger partial charge in [0.1, 0.15) is 5.75 Å². The zero-order valence-corrected chi connectivity index (χ0v) is 17.4. The van der Waals surface area contributed by atoms with Crippen LogP contribution in [0.25, 0.3) is 10.2 Å². The summed E-state index contributed by atoms with van der Waals surface area (Å²) >= 11 is 1.52. The molecule has 0 aliphatic carbocycles. The number of methoxy groups -OCH3 is 1. The molecule has 0 atom stereocenters. The van der Waals surface area contributed by atoms with Crippen molar-refractivity contribution in [3.8, 4) is 5.75 Å². The van der Waals surface area contributed by atoms with E-state index in [0.29, 0.717) is 23.0 Å². The lowest BCUT2D eigenvalue weighted by Crippen LogP contribution is -2.30. The lowest BCUT2D eigenvalue weighted by molar-refractivity contribution is 0.0982. The standard InChI is InChI=1S/C23H21N3O2S/c1-15-11-16(2)21-20(12-15)29-23(25-21)26(14-17-7-6-10-24-13-17)22(27)18-8-4-5-9-19(18)28-3/h4-13H,14H2,1-3H3. The molecule has 0 unspecified atom stereocenters. The Balaban J connectivity index is 1.82. The highest BCUT2D eigenvalue weighted by atomic mass is 32.1. The number of fused-ring (bicyclic) bond motifs is 1. The van der Waals surface area contributed by atoms with E-state index in [2.05, 4.69) is 24.0 Å². The highest BCUT2D eigenvalue weighted by molar-refractivity contribution is 7.22. The number of carbonyl (C=O) groups excluding carboxylic acids is 1. The van der Waals surface area contributed by atoms with Gasteiger partial charge in [0, 0.05) is 12.4 Å². The predicted molar refractivity (Wildman–Crippen MR) is 117 cm³/mol. The van der Waals surface area contributed by atoms with Crippen molar-refractivity contribution in [2.24, 2.45) is 0 Å². The first-order valence-electron chi connectivity index (χ1n) is 9.28.